The van der Waals surface area contributed by atoms with Gasteiger partial charge in [-0.3, -0.25) is 9.78 Å². The third kappa shape index (κ3) is 2.07. The summed E-state index contributed by atoms with van der Waals surface area (Å²) < 4.78 is 10.3. The summed E-state index contributed by atoms with van der Waals surface area (Å²) in [7, 11) is 0. The SMILES string of the molecule is CCOC(=O)C1(c2nc(-c3cc(C)ccn3)no2)CC1. The second-order valence-corrected chi connectivity index (χ2v) is 4.94. The molecule has 1 aliphatic rings. The number of pyridine rings is 1. The first kappa shape index (κ1) is 12.8. The van der Waals surface area contributed by atoms with Gasteiger partial charge in [0, 0.05) is 6.20 Å². The minimum Gasteiger partial charge on any atom is -0.465 e. The van der Waals surface area contributed by atoms with Gasteiger partial charge in [-0.1, -0.05) is 5.16 Å². The molecule has 6 heteroatoms. The highest BCUT2D eigenvalue weighted by molar-refractivity contribution is 5.85. The number of nitrogens with zero attached hydrogens (tertiary/aromatic N) is 3. The normalized spacial score (nSPS) is 15.9. The zero-order chi connectivity index (χ0) is 14.2. The van der Waals surface area contributed by atoms with E-state index in [9.17, 15) is 4.79 Å². The van der Waals surface area contributed by atoms with Gasteiger partial charge in [-0.25, -0.2) is 0 Å². The fourth-order valence-electron chi connectivity index (χ4n) is 2.08. The molecule has 0 bridgehead atoms. The lowest BCUT2D eigenvalue weighted by Gasteiger charge is -2.07. The fourth-order valence-corrected chi connectivity index (χ4v) is 2.08. The third-order valence-electron chi connectivity index (χ3n) is 3.40. The Hall–Kier alpha value is -2.24. The number of aryl methyl sites for hydroxylation is 1. The molecule has 0 unspecified atom stereocenters. The standard InChI is InChI=1S/C14H15N3O3/c1-3-19-13(18)14(5-6-14)12-16-11(17-20-12)10-8-9(2)4-7-15-10/h4,7-8H,3,5-6H2,1-2H3. The summed E-state index contributed by atoms with van der Waals surface area (Å²) in [5.74, 6) is 0.445. The summed E-state index contributed by atoms with van der Waals surface area (Å²) in [6.07, 6.45) is 3.07. The molecule has 0 saturated heterocycles. The molecule has 0 aliphatic heterocycles. The maximum absolute atomic E-state index is 12.0. The van der Waals surface area contributed by atoms with Crippen LogP contribution in [0.1, 0.15) is 31.2 Å². The largest absolute Gasteiger partial charge is 0.465 e. The Balaban J connectivity index is 1.89. The van der Waals surface area contributed by atoms with Crippen LogP contribution in [-0.2, 0) is 14.9 Å². The first-order valence-electron chi connectivity index (χ1n) is 6.60. The maximum Gasteiger partial charge on any atom is 0.321 e. The van der Waals surface area contributed by atoms with Crippen LogP contribution in [0.25, 0.3) is 11.5 Å². The lowest BCUT2D eigenvalue weighted by Crippen LogP contribution is -2.23. The molecule has 2 aromatic heterocycles. The van der Waals surface area contributed by atoms with E-state index >= 15 is 0 Å². The Morgan fingerprint density at radius 3 is 2.95 bits per heavy atom. The van der Waals surface area contributed by atoms with E-state index in [0.717, 1.165) is 5.56 Å². The number of aromatic nitrogens is 3. The molecule has 0 spiro atoms. The zero-order valence-corrected chi connectivity index (χ0v) is 11.4. The van der Waals surface area contributed by atoms with Crippen molar-refractivity contribution < 1.29 is 14.1 Å². The van der Waals surface area contributed by atoms with Gasteiger partial charge in [0.1, 0.15) is 11.1 Å². The Morgan fingerprint density at radius 2 is 2.30 bits per heavy atom. The van der Waals surface area contributed by atoms with Crippen LogP contribution in [0.3, 0.4) is 0 Å². The van der Waals surface area contributed by atoms with E-state index in [1.54, 1.807) is 13.1 Å². The lowest BCUT2D eigenvalue weighted by molar-refractivity contribution is -0.146. The molecule has 2 aromatic rings. The molecule has 0 radical (unpaired) electrons. The first-order chi connectivity index (χ1) is 9.65. The van der Waals surface area contributed by atoms with Crippen molar-refractivity contribution in [2.45, 2.75) is 32.1 Å². The van der Waals surface area contributed by atoms with Crippen molar-refractivity contribution in [2.24, 2.45) is 0 Å². The van der Waals surface area contributed by atoms with Gasteiger partial charge < -0.3 is 9.26 Å². The van der Waals surface area contributed by atoms with Crippen molar-refractivity contribution in [1.29, 1.82) is 0 Å². The van der Waals surface area contributed by atoms with Gasteiger partial charge >= 0.3 is 5.97 Å². The quantitative estimate of drug-likeness (QED) is 0.793. The number of carbonyl (C=O) groups is 1. The van der Waals surface area contributed by atoms with Crippen LogP contribution < -0.4 is 0 Å². The van der Waals surface area contributed by atoms with E-state index < -0.39 is 5.41 Å². The van der Waals surface area contributed by atoms with Gasteiger partial charge in [-0.15, -0.1) is 0 Å². The highest BCUT2D eigenvalue weighted by Gasteiger charge is 2.57. The number of hydrogen-bond acceptors (Lipinski definition) is 6. The summed E-state index contributed by atoms with van der Waals surface area (Å²) in [6, 6.07) is 3.77. The molecule has 0 N–H and O–H groups in total. The van der Waals surface area contributed by atoms with Gasteiger partial charge in [-0.05, 0) is 44.4 Å². The van der Waals surface area contributed by atoms with Gasteiger partial charge in [0.25, 0.3) is 0 Å². The number of hydrogen-bond donors (Lipinski definition) is 0. The smallest absolute Gasteiger partial charge is 0.321 e. The van der Waals surface area contributed by atoms with Crippen molar-refractivity contribution in [3.05, 3.63) is 29.8 Å². The highest BCUT2D eigenvalue weighted by Crippen LogP contribution is 2.48. The average molecular weight is 273 g/mol. The second-order valence-electron chi connectivity index (χ2n) is 4.94. The molecule has 0 aromatic carbocycles. The molecule has 1 fully saturated rings. The van der Waals surface area contributed by atoms with E-state index in [1.807, 2.05) is 19.1 Å². The molecule has 1 saturated carbocycles. The van der Waals surface area contributed by atoms with Gasteiger partial charge in [0.05, 0.1) is 6.61 Å². The van der Waals surface area contributed by atoms with Crippen LogP contribution in [-0.4, -0.2) is 27.7 Å². The predicted molar refractivity (Wildman–Crippen MR) is 69.8 cm³/mol. The van der Waals surface area contributed by atoms with Gasteiger partial charge in [-0.2, -0.15) is 4.98 Å². The van der Waals surface area contributed by atoms with E-state index in [2.05, 4.69) is 15.1 Å². The van der Waals surface area contributed by atoms with Crippen molar-refractivity contribution in [3.63, 3.8) is 0 Å². The van der Waals surface area contributed by atoms with E-state index in [1.165, 1.54) is 0 Å². The van der Waals surface area contributed by atoms with Crippen molar-refractivity contribution >= 4 is 5.97 Å². The molecule has 104 valence electrons. The zero-order valence-electron chi connectivity index (χ0n) is 11.4. The van der Waals surface area contributed by atoms with Crippen molar-refractivity contribution in [3.8, 4) is 11.5 Å². The minimum absolute atomic E-state index is 0.285. The highest BCUT2D eigenvalue weighted by atomic mass is 16.5. The number of carbonyl (C=O) groups excluding carboxylic acids is 1. The number of ether oxygens (including phenoxy) is 1. The first-order valence-corrected chi connectivity index (χ1v) is 6.60. The van der Waals surface area contributed by atoms with Crippen LogP contribution in [0.15, 0.2) is 22.9 Å². The molecule has 3 rings (SSSR count). The molecular weight excluding hydrogens is 258 g/mol. The monoisotopic (exact) mass is 273 g/mol. The van der Waals surface area contributed by atoms with Gasteiger partial charge in [0.15, 0.2) is 0 Å². The summed E-state index contributed by atoms with van der Waals surface area (Å²) in [4.78, 5) is 20.5. The molecule has 6 nitrogen and oxygen atoms in total. The van der Waals surface area contributed by atoms with E-state index in [-0.39, 0.29) is 5.97 Å². The van der Waals surface area contributed by atoms with Gasteiger partial charge in [0.2, 0.25) is 11.7 Å². The third-order valence-corrected chi connectivity index (χ3v) is 3.40. The second kappa shape index (κ2) is 4.70. The fraction of sp³-hybridized carbons (Fsp3) is 0.429. The summed E-state index contributed by atoms with van der Waals surface area (Å²) >= 11 is 0. The van der Waals surface area contributed by atoms with Crippen molar-refractivity contribution in [1.82, 2.24) is 15.1 Å². The Kier molecular flexibility index (Phi) is 3.00. The minimum atomic E-state index is -0.731. The molecular formula is C14H15N3O3. The molecule has 0 atom stereocenters. The topological polar surface area (TPSA) is 78.1 Å². The maximum atomic E-state index is 12.0. The molecule has 20 heavy (non-hydrogen) atoms. The van der Waals surface area contributed by atoms with Crippen LogP contribution in [0, 0.1) is 6.92 Å². The van der Waals surface area contributed by atoms with Crippen LogP contribution in [0.5, 0.6) is 0 Å². The van der Waals surface area contributed by atoms with Crippen LogP contribution in [0.2, 0.25) is 0 Å². The van der Waals surface area contributed by atoms with E-state index in [4.69, 9.17) is 9.26 Å². The molecule has 2 heterocycles. The molecule has 1 aliphatic carbocycles. The molecule has 0 amide bonds. The van der Waals surface area contributed by atoms with E-state index in [0.29, 0.717) is 36.9 Å². The Bertz CT molecular complexity index is 647. The Morgan fingerprint density at radius 1 is 1.50 bits per heavy atom. The van der Waals surface area contributed by atoms with Crippen LogP contribution >= 0.6 is 0 Å². The number of esters is 1. The van der Waals surface area contributed by atoms with Crippen molar-refractivity contribution in [2.75, 3.05) is 6.61 Å². The summed E-state index contributed by atoms with van der Waals surface area (Å²) in [5, 5.41) is 3.92. The number of rotatable bonds is 4. The summed E-state index contributed by atoms with van der Waals surface area (Å²) in [6.45, 7) is 4.10. The lowest BCUT2D eigenvalue weighted by atomic mass is 10.1. The summed E-state index contributed by atoms with van der Waals surface area (Å²) in [5.41, 5.74) is 0.970. The average Bonchev–Trinajstić information content (AvgIpc) is 3.10. The Labute approximate surface area is 116 Å². The predicted octanol–water partition coefficient (Wildman–Crippen LogP) is 2.03. The van der Waals surface area contributed by atoms with Crippen LogP contribution in [0.4, 0.5) is 0 Å².